The summed E-state index contributed by atoms with van der Waals surface area (Å²) in [6.07, 6.45) is 25.4. The van der Waals surface area contributed by atoms with Gasteiger partial charge in [-0.05, 0) is 100 Å². The van der Waals surface area contributed by atoms with E-state index in [0.717, 1.165) is 24.1 Å². The highest BCUT2D eigenvalue weighted by Crippen LogP contribution is 2.41. The first-order valence-corrected chi connectivity index (χ1v) is 19.9. The first-order chi connectivity index (χ1) is 27.6. The summed E-state index contributed by atoms with van der Waals surface area (Å²) in [6, 6.07) is 40.7. The highest BCUT2D eigenvalue weighted by molar-refractivity contribution is 8.02. The Morgan fingerprint density at radius 1 is 0.768 bits per heavy atom. The van der Waals surface area contributed by atoms with E-state index in [-0.39, 0.29) is 5.92 Å². The molecule has 56 heavy (non-hydrogen) atoms. The normalized spacial score (nSPS) is 14.6. The molecule has 1 aliphatic carbocycles. The molecule has 8 rings (SSSR count). The number of benzene rings is 5. The molecule has 1 unspecified atom stereocenters. The van der Waals surface area contributed by atoms with Crippen LogP contribution in [0, 0.1) is 5.92 Å². The average molecular weight is 753 g/mol. The molecule has 4 nitrogen and oxygen atoms in total. The Hall–Kier alpha value is -6.11. The van der Waals surface area contributed by atoms with Crippen molar-refractivity contribution in [1.29, 1.82) is 0 Å². The predicted octanol–water partition coefficient (Wildman–Crippen LogP) is 13.1. The largest absolute Gasteiger partial charge is 0.399 e. The summed E-state index contributed by atoms with van der Waals surface area (Å²) in [5, 5.41) is 4.66. The van der Waals surface area contributed by atoms with Gasteiger partial charge in [-0.3, -0.25) is 11.7 Å². The van der Waals surface area contributed by atoms with Gasteiger partial charge >= 0.3 is 0 Å². The molecule has 0 saturated carbocycles. The smallest absolute Gasteiger partial charge is 0.0541 e. The standard InChI is InChI=1S/C43H35NS.C6H7N.C2H6.H4N2/c1-3-4-14-33(24-23-32-15-5-6-16-32)28-34-17-11-18-36(29-34)44-41-22-8-7-19-39(41)40-30-35(25-26-42(40)44)38-21-12-20-37-31(2)13-9-10-27-45-43(37)38;7-6-4-2-1-3-5-6;2*1-2/h3-15,17-27,29-30,33H,1-2,16,28H2;1-5H,7H2;1-2H3;1-2H2/b13-9-,14-4-,24-23?,27-10-;;;. The van der Waals surface area contributed by atoms with Gasteiger partial charge in [0, 0.05) is 27.0 Å². The second-order valence-corrected chi connectivity index (χ2v) is 13.8. The third kappa shape index (κ3) is 10.1. The Bertz CT molecular complexity index is 2440. The zero-order valence-corrected chi connectivity index (χ0v) is 33.2. The molecular weight excluding hydrogens is 701 g/mol. The molecule has 0 fully saturated rings. The maximum absolute atomic E-state index is 5.36. The van der Waals surface area contributed by atoms with Crippen molar-refractivity contribution < 1.29 is 0 Å². The number of nitrogen functional groups attached to an aromatic ring is 1. The summed E-state index contributed by atoms with van der Waals surface area (Å²) < 4.78 is 2.41. The van der Waals surface area contributed by atoms with E-state index in [1.165, 1.54) is 60.2 Å². The molecule has 282 valence electrons. The van der Waals surface area contributed by atoms with Crippen molar-refractivity contribution >= 4 is 44.8 Å². The number of nitrogens with two attached hydrogens (primary N) is 3. The van der Waals surface area contributed by atoms with Gasteiger partial charge in [0.05, 0.1) is 11.0 Å². The van der Waals surface area contributed by atoms with Crippen molar-refractivity contribution in [3.05, 3.63) is 217 Å². The summed E-state index contributed by atoms with van der Waals surface area (Å²) in [5.74, 6) is 8.28. The van der Waals surface area contributed by atoms with Crippen LogP contribution in [0.2, 0.25) is 0 Å². The number of allylic oxidation sites excluding steroid dienone is 13. The van der Waals surface area contributed by atoms with Crippen molar-refractivity contribution in [3.8, 4) is 16.8 Å². The number of hydrazine groups is 1. The van der Waals surface area contributed by atoms with Gasteiger partial charge in [-0.25, -0.2) is 0 Å². The number of aromatic nitrogens is 1. The number of anilines is 1. The van der Waals surface area contributed by atoms with Crippen molar-refractivity contribution in [2.45, 2.75) is 31.6 Å². The molecule has 0 saturated heterocycles. The monoisotopic (exact) mass is 752 g/mol. The summed E-state index contributed by atoms with van der Waals surface area (Å²) >= 11 is 1.76. The van der Waals surface area contributed by atoms with Crippen molar-refractivity contribution in [2.75, 3.05) is 5.73 Å². The molecule has 1 aromatic heterocycles. The van der Waals surface area contributed by atoms with Crippen molar-refractivity contribution in [2.24, 2.45) is 17.6 Å². The summed E-state index contributed by atoms with van der Waals surface area (Å²) in [7, 11) is 0. The van der Waals surface area contributed by atoms with Gasteiger partial charge < -0.3 is 10.3 Å². The number of hydrogen-bond acceptors (Lipinski definition) is 4. The van der Waals surface area contributed by atoms with Crippen LogP contribution in [0.25, 0.3) is 44.2 Å². The van der Waals surface area contributed by atoms with Crippen LogP contribution in [0.15, 0.2) is 211 Å². The zero-order valence-electron chi connectivity index (χ0n) is 32.4. The first-order valence-electron chi connectivity index (χ1n) is 19.0. The molecule has 1 aliphatic heterocycles. The van der Waals surface area contributed by atoms with E-state index in [9.17, 15) is 0 Å². The lowest BCUT2D eigenvalue weighted by Gasteiger charge is -2.15. The van der Waals surface area contributed by atoms with Crippen molar-refractivity contribution in [1.82, 2.24) is 4.57 Å². The molecule has 6 N–H and O–H groups in total. The fraction of sp³-hybridized carbons (Fsp3) is 0.0980. The fourth-order valence-electron chi connectivity index (χ4n) is 6.78. The molecule has 5 heteroatoms. The minimum atomic E-state index is 0.282. The van der Waals surface area contributed by atoms with Crippen LogP contribution in [0.1, 0.15) is 31.4 Å². The van der Waals surface area contributed by atoms with Gasteiger partial charge in [-0.15, -0.1) is 0 Å². The van der Waals surface area contributed by atoms with Crippen LogP contribution >= 0.6 is 11.8 Å². The van der Waals surface area contributed by atoms with Gasteiger partial charge in [-0.1, -0.05) is 178 Å². The Balaban J connectivity index is 0.000000482. The molecule has 1 atom stereocenters. The molecule has 6 aromatic rings. The van der Waals surface area contributed by atoms with Crippen molar-refractivity contribution in [3.63, 3.8) is 0 Å². The Labute approximate surface area is 337 Å². The van der Waals surface area contributed by atoms with E-state index >= 15 is 0 Å². The molecule has 0 spiro atoms. The fourth-order valence-corrected chi connectivity index (χ4v) is 7.73. The number of rotatable bonds is 8. The topological polar surface area (TPSA) is 83.0 Å². The Morgan fingerprint density at radius 2 is 1.52 bits per heavy atom. The van der Waals surface area contributed by atoms with Gasteiger partial charge in [-0.2, -0.15) is 0 Å². The Morgan fingerprint density at radius 3 is 2.27 bits per heavy atom. The maximum Gasteiger partial charge on any atom is 0.0541 e. The van der Waals surface area contributed by atoms with Crippen LogP contribution < -0.4 is 17.4 Å². The predicted molar refractivity (Wildman–Crippen MR) is 247 cm³/mol. The van der Waals surface area contributed by atoms with Crippen LogP contribution in [-0.2, 0) is 6.42 Å². The molecule has 0 amide bonds. The molecule has 2 aliphatic rings. The number of nitrogens with zero attached hydrogens (tertiary/aromatic N) is 1. The highest BCUT2D eigenvalue weighted by atomic mass is 32.2. The second-order valence-electron chi connectivity index (χ2n) is 12.9. The summed E-state index contributed by atoms with van der Waals surface area (Å²) in [5.41, 5.74) is 17.1. The van der Waals surface area contributed by atoms with E-state index in [0.29, 0.717) is 0 Å². The summed E-state index contributed by atoms with van der Waals surface area (Å²) in [6.45, 7) is 12.2. The number of fused-ring (bicyclic) bond motifs is 4. The summed E-state index contributed by atoms with van der Waals surface area (Å²) in [4.78, 5) is 1.24. The van der Waals surface area contributed by atoms with Crippen LogP contribution in [0.5, 0.6) is 0 Å². The molecule has 2 heterocycles. The van der Waals surface area contributed by atoms with E-state index in [2.05, 4.69) is 181 Å². The third-order valence-electron chi connectivity index (χ3n) is 9.31. The molecule has 0 radical (unpaired) electrons. The zero-order chi connectivity index (χ0) is 39.7. The molecular formula is C51H52N4S. The highest BCUT2D eigenvalue weighted by Gasteiger charge is 2.17. The van der Waals surface area contributed by atoms with Gasteiger partial charge in [0.25, 0.3) is 0 Å². The third-order valence-corrected chi connectivity index (χ3v) is 10.3. The lowest BCUT2D eigenvalue weighted by atomic mass is 9.96. The van der Waals surface area contributed by atoms with Gasteiger partial charge in [0.2, 0.25) is 0 Å². The second kappa shape index (κ2) is 21.1. The van der Waals surface area contributed by atoms with E-state index in [4.69, 9.17) is 5.73 Å². The lowest BCUT2D eigenvalue weighted by Crippen LogP contribution is -2.02. The van der Waals surface area contributed by atoms with Gasteiger partial charge in [0.1, 0.15) is 0 Å². The first kappa shape index (κ1) is 41.1. The Kier molecular flexibility index (Phi) is 15.5. The average Bonchev–Trinajstić information content (AvgIpc) is 3.89. The molecule has 5 aromatic carbocycles. The maximum atomic E-state index is 5.36. The number of hydrogen-bond donors (Lipinski definition) is 3. The van der Waals surface area contributed by atoms with E-state index in [1.807, 2.05) is 50.3 Å². The van der Waals surface area contributed by atoms with Crippen LogP contribution in [-0.4, -0.2) is 4.57 Å². The lowest BCUT2D eigenvalue weighted by molar-refractivity contribution is 0.803. The number of thioether (sulfide) groups is 1. The van der Waals surface area contributed by atoms with Crippen LogP contribution in [0.3, 0.4) is 0 Å². The SMILES string of the molecule is C=C/C=C\C(C=CC1=CC=CC1)Cc1cccc(-n2c3ccccc3c3cc(-c4cccc5c4S/C=C\C=C/C5=C)ccc32)c1.CC.NN.Nc1ccccc1. The van der Waals surface area contributed by atoms with Gasteiger partial charge in [0.15, 0.2) is 0 Å². The minimum Gasteiger partial charge on any atom is -0.399 e. The van der Waals surface area contributed by atoms with E-state index in [1.54, 1.807) is 11.8 Å². The van der Waals surface area contributed by atoms with E-state index < -0.39 is 0 Å². The minimum absolute atomic E-state index is 0.282. The quantitative estimate of drug-likeness (QED) is 0.0626. The molecule has 0 bridgehead atoms. The van der Waals surface area contributed by atoms with Crippen LogP contribution in [0.4, 0.5) is 5.69 Å². The number of para-hydroxylation sites is 2.